The second-order valence-electron chi connectivity index (χ2n) is 6.73. The first-order valence-corrected chi connectivity index (χ1v) is 10.8. The number of carbonyl (C=O) groups is 2. The van der Waals surface area contributed by atoms with Crippen LogP contribution in [-0.2, 0) is 10.0 Å². The molecule has 8 nitrogen and oxygen atoms in total. The predicted octanol–water partition coefficient (Wildman–Crippen LogP) is 1.49. The van der Waals surface area contributed by atoms with E-state index >= 15 is 0 Å². The van der Waals surface area contributed by atoms with Crippen LogP contribution in [0.4, 0.5) is 5.69 Å². The summed E-state index contributed by atoms with van der Waals surface area (Å²) in [6, 6.07) is 9.68. The molecule has 2 heterocycles. The largest absolute Gasteiger partial charge is 0.349 e. The molecule has 1 aromatic carbocycles. The summed E-state index contributed by atoms with van der Waals surface area (Å²) in [6.07, 6.45) is 5.58. The lowest BCUT2D eigenvalue weighted by Crippen LogP contribution is -2.46. The highest BCUT2D eigenvalue weighted by molar-refractivity contribution is 7.92. The van der Waals surface area contributed by atoms with Gasteiger partial charge < -0.3 is 10.2 Å². The van der Waals surface area contributed by atoms with Crippen LogP contribution in [0.25, 0.3) is 0 Å². The van der Waals surface area contributed by atoms with Gasteiger partial charge in [0.15, 0.2) is 0 Å². The summed E-state index contributed by atoms with van der Waals surface area (Å²) in [5.41, 5.74) is 1.48. The predicted molar refractivity (Wildman–Crippen MR) is 106 cm³/mol. The van der Waals surface area contributed by atoms with Crippen molar-refractivity contribution in [3.8, 4) is 0 Å². The third kappa shape index (κ3) is 5.29. The molecule has 0 atom stereocenters. The molecule has 1 fully saturated rings. The molecule has 1 aliphatic heterocycles. The Hall–Kier alpha value is -2.94. The normalized spacial score (nSPS) is 15.1. The maximum atomic E-state index is 12.6. The molecule has 2 aromatic rings. The highest BCUT2D eigenvalue weighted by atomic mass is 32.2. The van der Waals surface area contributed by atoms with Crippen molar-refractivity contribution in [2.75, 3.05) is 24.1 Å². The summed E-state index contributed by atoms with van der Waals surface area (Å²) in [4.78, 5) is 30.5. The van der Waals surface area contributed by atoms with Gasteiger partial charge in [0.1, 0.15) is 0 Å². The van der Waals surface area contributed by atoms with Gasteiger partial charge >= 0.3 is 0 Å². The number of likely N-dealkylation sites (tertiary alicyclic amines) is 1. The van der Waals surface area contributed by atoms with Gasteiger partial charge in [-0.25, -0.2) is 8.42 Å². The van der Waals surface area contributed by atoms with Crippen molar-refractivity contribution >= 4 is 27.5 Å². The maximum Gasteiger partial charge on any atom is 0.253 e. The van der Waals surface area contributed by atoms with E-state index in [0.717, 1.165) is 6.26 Å². The van der Waals surface area contributed by atoms with E-state index in [9.17, 15) is 18.0 Å². The van der Waals surface area contributed by atoms with E-state index in [2.05, 4.69) is 15.0 Å². The minimum absolute atomic E-state index is 0.0195. The Labute approximate surface area is 164 Å². The van der Waals surface area contributed by atoms with Gasteiger partial charge in [-0.2, -0.15) is 0 Å². The fourth-order valence-electron chi connectivity index (χ4n) is 3.08. The number of nitrogens with one attached hydrogen (secondary N) is 2. The summed E-state index contributed by atoms with van der Waals surface area (Å²) >= 11 is 0. The Morgan fingerprint density at radius 1 is 1.00 bits per heavy atom. The number of benzene rings is 1. The molecule has 0 radical (unpaired) electrons. The number of nitrogens with zero attached hydrogens (tertiary/aromatic N) is 2. The number of amides is 2. The zero-order valence-electron chi connectivity index (χ0n) is 15.5. The third-order valence-electron chi connectivity index (χ3n) is 4.49. The van der Waals surface area contributed by atoms with Crippen LogP contribution in [0.1, 0.15) is 33.6 Å². The van der Waals surface area contributed by atoms with Crippen molar-refractivity contribution in [1.82, 2.24) is 15.2 Å². The number of pyridine rings is 1. The summed E-state index contributed by atoms with van der Waals surface area (Å²) < 4.78 is 24.9. The van der Waals surface area contributed by atoms with Crippen LogP contribution >= 0.6 is 0 Å². The van der Waals surface area contributed by atoms with Crippen LogP contribution in [0.3, 0.4) is 0 Å². The summed E-state index contributed by atoms with van der Waals surface area (Å²) in [5, 5.41) is 2.99. The standard InChI is InChI=1S/C19H22N4O4S/c1-28(26,27)22-17-4-2-15(3-5-17)19(25)23-12-8-16(9-13-23)21-18(24)14-6-10-20-11-7-14/h2-7,10-11,16,22H,8-9,12-13H2,1H3,(H,21,24). The van der Waals surface area contributed by atoms with Gasteiger partial charge in [-0.3, -0.25) is 19.3 Å². The Bertz CT molecular complexity index is 938. The molecule has 0 unspecified atom stereocenters. The van der Waals surface area contributed by atoms with Crippen molar-refractivity contribution in [3.05, 3.63) is 59.9 Å². The first kappa shape index (κ1) is 19.8. The van der Waals surface area contributed by atoms with E-state index in [1.165, 1.54) is 0 Å². The molecule has 1 saturated heterocycles. The topological polar surface area (TPSA) is 108 Å². The minimum atomic E-state index is -3.35. The SMILES string of the molecule is CS(=O)(=O)Nc1ccc(C(=O)N2CCC(NC(=O)c3ccncc3)CC2)cc1. The van der Waals surface area contributed by atoms with Crippen LogP contribution in [0.15, 0.2) is 48.8 Å². The second-order valence-corrected chi connectivity index (χ2v) is 8.48. The third-order valence-corrected chi connectivity index (χ3v) is 5.10. The molecule has 3 rings (SSSR count). The lowest BCUT2D eigenvalue weighted by molar-refractivity contribution is 0.0698. The molecule has 0 aliphatic carbocycles. The molecule has 148 valence electrons. The van der Waals surface area contributed by atoms with Crippen molar-refractivity contribution in [2.45, 2.75) is 18.9 Å². The Balaban J connectivity index is 1.53. The Morgan fingerprint density at radius 3 is 2.18 bits per heavy atom. The van der Waals surface area contributed by atoms with Crippen LogP contribution < -0.4 is 10.0 Å². The van der Waals surface area contributed by atoms with Crippen molar-refractivity contribution in [2.24, 2.45) is 0 Å². The summed E-state index contributed by atoms with van der Waals surface area (Å²) in [5.74, 6) is -0.244. The lowest BCUT2D eigenvalue weighted by atomic mass is 10.0. The van der Waals surface area contributed by atoms with E-state index in [1.54, 1.807) is 53.7 Å². The van der Waals surface area contributed by atoms with E-state index < -0.39 is 10.0 Å². The monoisotopic (exact) mass is 402 g/mol. The van der Waals surface area contributed by atoms with Gasteiger partial charge in [0, 0.05) is 48.3 Å². The molecule has 1 aromatic heterocycles. The van der Waals surface area contributed by atoms with Crippen molar-refractivity contribution in [3.63, 3.8) is 0 Å². The van der Waals surface area contributed by atoms with Crippen molar-refractivity contribution < 1.29 is 18.0 Å². The zero-order valence-corrected chi connectivity index (χ0v) is 16.3. The molecule has 0 bridgehead atoms. The Kier molecular flexibility index (Phi) is 5.93. The first-order chi connectivity index (χ1) is 13.3. The zero-order chi connectivity index (χ0) is 20.1. The quantitative estimate of drug-likeness (QED) is 0.788. The van der Waals surface area contributed by atoms with Crippen LogP contribution in [0.2, 0.25) is 0 Å². The van der Waals surface area contributed by atoms with Gasteiger partial charge in [-0.05, 0) is 49.2 Å². The summed E-state index contributed by atoms with van der Waals surface area (Å²) in [6.45, 7) is 1.09. The van der Waals surface area contributed by atoms with Gasteiger partial charge in [0.05, 0.1) is 6.26 Å². The number of aromatic nitrogens is 1. The van der Waals surface area contributed by atoms with Gasteiger partial charge in [0.2, 0.25) is 10.0 Å². The maximum absolute atomic E-state index is 12.6. The molecular weight excluding hydrogens is 380 g/mol. The molecule has 2 N–H and O–H groups in total. The molecular formula is C19H22N4O4S. The fourth-order valence-corrected chi connectivity index (χ4v) is 3.64. The van der Waals surface area contributed by atoms with Gasteiger partial charge in [0.25, 0.3) is 11.8 Å². The van der Waals surface area contributed by atoms with Gasteiger partial charge in [-0.1, -0.05) is 0 Å². The number of rotatable bonds is 5. The number of hydrogen-bond acceptors (Lipinski definition) is 5. The number of anilines is 1. The average molecular weight is 402 g/mol. The van der Waals surface area contributed by atoms with E-state index in [4.69, 9.17) is 0 Å². The molecule has 0 saturated carbocycles. The van der Waals surface area contributed by atoms with Crippen molar-refractivity contribution in [1.29, 1.82) is 0 Å². The summed E-state index contributed by atoms with van der Waals surface area (Å²) in [7, 11) is -3.35. The van der Waals surface area contributed by atoms with E-state index in [-0.39, 0.29) is 17.9 Å². The van der Waals surface area contributed by atoms with E-state index in [0.29, 0.717) is 42.7 Å². The molecule has 28 heavy (non-hydrogen) atoms. The Morgan fingerprint density at radius 2 is 1.61 bits per heavy atom. The van der Waals surface area contributed by atoms with Crippen LogP contribution in [0.5, 0.6) is 0 Å². The lowest BCUT2D eigenvalue weighted by Gasteiger charge is -2.32. The first-order valence-electron chi connectivity index (χ1n) is 8.90. The van der Waals surface area contributed by atoms with Gasteiger partial charge in [-0.15, -0.1) is 0 Å². The fraction of sp³-hybridized carbons (Fsp3) is 0.316. The number of hydrogen-bond donors (Lipinski definition) is 2. The number of carbonyl (C=O) groups excluding carboxylic acids is 2. The minimum Gasteiger partial charge on any atom is -0.349 e. The molecule has 1 aliphatic rings. The molecule has 2 amide bonds. The molecule has 9 heteroatoms. The number of piperidine rings is 1. The number of sulfonamides is 1. The van der Waals surface area contributed by atoms with Crippen LogP contribution in [-0.4, -0.2) is 55.5 Å². The second kappa shape index (κ2) is 8.39. The molecule has 0 spiro atoms. The highest BCUT2D eigenvalue weighted by Gasteiger charge is 2.25. The smallest absolute Gasteiger partial charge is 0.253 e. The van der Waals surface area contributed by atoms with Crippen LogP contribution in [0, 0.1) is 0 Å². The highest BCUT2D eigenvalue weighted by Crippen LogP contribution is 2.17. The van der Waals surface area contributed by atoms with E-state index in [1.807, 2.05) is 0 Å². The average Bonchev–Trinajstić information content (AvgIpc) is 2.68.